The van der Waals surface area contributed by atoms with E-state index in [1.165, 1.54) is 17.1 Å². The first-order valence-electron chi connectivity index (χ1n) is 11.3. The van der Waals surface area contributed by atoms with Crippen molar-refractivity contribution in [2.24, 2.45) is 5.10 Å². The lowest BCUT2D eigenvalue weighted by molar-refractivity contribution is -0.366. The Bertz CT molecular complexity index is 1500. The highest BCUT2D eigenvalue weighted by Gasteiger charge is 2.35. The van der Waals surface area contributed by atoms with Crippen LogP contribution in [-0.4, -0.2) is 28.2 Å². The van der Waals surface area contributed by atoms with Crippen LogP contribution >= 0.6 is 11.6 Å². The molecule has 0 bridgehead atoms. The van der Waals surface area contributed by atoms with Crippen LogP contribution in [0.3, 0.4) is 0 Å². The smallest absolute Gasteiger partial charge is 0.258 e. The fourth-order valence-electron chi connectivity index (χ4n) is 4.55. The van der Waals surface area contributed by atoms with E-state index >= 15 is 0 Å². The Balaban J connectivity index is 1.72. The first-order chi connectivity index (χ1) is 17.0. The molecule has 1 aliphatic heterocycles. The Morgan fingerprint density at radius 3 is 2.54 bits per heavy atom. The van der Waals surface area contributed by atoms with E-state index in [1.54, 1.807) is 24.3 Å². The van der Waals surface area contributed by atoms with Crippen molar-refractivity contribution in [3.8, 4) is 11.1 Å². The molecule has 1 unspecified atom stereocenters. The number of hydrogen-bond acceptors (Lipinski definition) is 3. The maximum Gasteiger partial charge on any atom is 0.258 e. The molecule has 5 rings (SSSR count). The number of quaternary nitrogens is 1. The van der Waals surface area contributed by atoms with Crippen molar-refractivity contribution in [1.82, 2.24) is 9.99 Å². The fourth-order valence-corrected chi connectivity index (χ4v) is 4.72. The van der Waals surface area contributed by atoms with Crippen LogP contribution in [0.1, 0.15) is 30.0 Å². The van der Waals surface area contributed by atoms with Crippen molar-refractivity contribution >= 4 is 34.1 Å². The molecule has 0 saturated heterocycles. The lowest BCUT2D eigenvalue weighted by atomic mass is 9.91. The molecule has 1 aromatic heterocycles. The molecule has 6 nitrogen and oxygen atoms in total. The summed E-state index contributed by atoms with van der Waals surface area (Å²) in [6.07, 6.45) is 0.521. The van der Waals surface area contributed by atoms with Crippen molar-refractivity contribution in [2.75, 3.05) is 6.54 Å². The van der Waals surface area contributed by atoms with Crippen molar-refractivity contribution in [3.05, 3.63) is 105 Å². The predicted molar refractivity (Wildman–Crippen MR) is 135 cm³/mol. The minimum absolute atomic E-state index is 0.203. The van der Waals surface area contributed by atoms with Gasteiger partial charge >= 0.3 is 0 Å². The van der Waals surface area contributed by atoms with Crippen LogP contribution in [-0.2, 0) is 4.79 Å². The van der Waals surface area contributed by atoms with Gasteiger partial charge in [-0.3, -0.25) is 9.59 Å². The van der Waals surface area contributed by atoms with Crippen molar-refractivity contribution < 1.29 is 14.9 Å². The molecule has 2 heterocycles. The van der Waals surface area contributed by atoms with Gasteiger partial charge in [-0.2, -0.15) is 5.10 Å². The number of rotatable bonds is 5. The van der Waals surface area contributed by atoms with Crippen LogP contribution in [0.4, 0.5) is 4.39 Å². The highest BCUT2D eigenvalue weighted by atomic mass is 35.5. The van der Waals surface area contributed by atoms with Crippen molar-refractivity contribution in [3.63, 3.8) is 0 Å². The van der Waals surface area contributed by atoms with Gasteiger partial charge in [-0.05, 0) is 41.5 Å². The van der Waals surface area contributed by atoms with Crippen LogP contribution in [0.25, 0.3) is 22.0 Å². The maximum absolute atomic E-state index is 13.6. The third-order valence-electron chi connectivity index (χ3n) is 6.14. The number of nitrogens with zero attached hydrogens (tertiary/aromatic N) is 2. The lowest BCUT2D eigenvalue weighted by Crippen LogP contribution is -2.51. The second-order valence-corrected chi connectivity index (χ2v) is 8.86. The first-order valence-corrected chi connectivity index (χ1v) is 11.7. The zero-order valence-corrected chi connectivity index (χ0v) is 19.6. The monoisotopic (exact) mass is 489 g/mol. The van der Waals surface area contributed by atoms with Gasteiger partial charge in [0.05, 0.1) is 30.3 Å². The van der Waals surface area contributed by atoms with Crippen LogP contribution in [0, 0.1) is 5.82 Å². The van der Waals surface area contributed by atoms with Crippen LogP contribution in [0.5, 0.6) is 0 Å². The standard InChI is InChI=1S/C27H22ClFN4O2/c28-18-8-11-21-20(14-18)25(17-4-2-1-3-5-17)26(27(35)31-21)22-15-23(16-6-9-19(29)10-7-16)33(32-22)24(34)12-13-30/h1-11,14,23H,12-13,15,30H2,(H,31,35)/p+1. The van der Waals surface area contributed by atoms with E-state index in [0.29, 0.717) is 40.3 Å². The van der Waals surface area contributed by atoms with E-state index in [-0.39, 0.29) is 23.7 Å². The van der Waals surface area contributed by atoms with Crippen molar-refractivity contribution in [1.29, 1.82) is 0 Å². The number of carbonyl (C=O) groups excluding carboxylic acids is 1. The fraction of sp³-hybridized carbons (Fsp3) is 0.148. The SMILES string of the molecule is [NH3+]CCC(=O)N1N=C(c2c(-c3ccccc3)c3cc(Cl)ccc3[nH]c2=O)CC1c1ccc(F)cc1. The average Bonchev–Trinajstić information content (AvgIpc) is 3.30. The number of carbonyl (C=O) groups is 1. The van der Waals surface area contributed by atoms with E-state index in [2.05, 4.69) is 15.8 Å². The van der Waals surface area contributed by atoms with E-state index < -0.39 is 6.04 Å². The molecule has 0 aliphatic carbocycles. The summed E-state index contributed by atoms with van der Waals surface area (Å²) in [5.41, 5.74) is 7.29. The molecule has 4 N–H and O–H groups in total. The van der Waals surface area contributed by atoms with E-state index in [1.807, 2.05) is 36.4 Å². The normalized spacial score (nSPS) is 15.5. The Kier molecular flexibility index (Phi) is 6.19. The summed E-state index contributed by atoms with van der Waals surface area (Å²) in [5, 5.41) is 7.38. The summed E-state index contributed by atoms with van der Waals surface area (Å²) in [7, 11) is 0. The molecule has 8 heteroatoms. The number of aromatic amines is 1. The third kappa shape index (κ3) is 4.36. The topological polar surface area (TPSA) is 93.2 Å². The van der Waals surface area contributed by atoms with E-state index in [9.17, 15) is 14.0 Å². The number of aromatic nitrogens is 1. The number of hydrogen-bond donors (Lipinski definition) is 2. The predicted octanol–water partition coefficient (Wildman–Crippen LogP) is 4.30. The Hall–Kier alpha value is -3.81. The number of H-pyrrole nitrogens is 1. The van der Waals surface area contributed by atoms with Gasteiger partial charge in [0.25, 0.3) is 5.56 Å². The second kappa shape index (κ2) is 9.44. The maximum atomic E-state index is 13.6. The van der Waals surface area contributed by atoms with Gasteiger partial charge in [0.2, 0.25) is 5.91 Å². The van der Waals surface area contributed by atoms with Gasteiger partial charge in [0, 0.05) is 27.9 Å². The quantitative estimate of drug-likeness (QED) is 0.437. The summed E-state index contributed by atoms with van der Waals surface area (Å²) < 4.78 is 13.6. The zero-order valence-electron chi connectivity index (χ0n) is 18.8. The minimum atomic E-state index is -0.456. The molecule has 1 atom stereocenters. The summed E-state index contributed by atoms with van der Waals surface area (Å²) in [4.78, 5) is 29.4. The first kappa shape index (κ1) is 23.0. The summed E-state index contributed by atoms with van der Waals surface area (Å²) in [6, 6.07) is 20.4. The molecule has 176 valence electrons. The largest absolute Gasteiger partial charge is 0.357 e. The molecule has 35 heavy (non-hydrogen) atoms. The molecule has 4 aromatic rings. The van der Waals surface area contributed by atoms with Crippen LogP contribution in [0.2, 0.25) is 5.02 Å². The third-order valence-corrected chi connectivity index (χ3v) is 6.37. The highest BCUT2D eigenvalue weighted by Crippen LogP contribution is 2.37. The Morgan fingerprint density at radius 2 is 1.83 bits per heavy atom. The number of amides is 1. The summed E-state index contributed by atoms with van der Waals surface area (Å²) >= 11 is 6.33. The van der Waals surface area contributed by atoms with E-state index in [0.717, 1.165) is 16.5 Å². The molecular weight excluding hydrogens is 467 g/mol. The van der Waals surface area contributed by atoms with Gasteiger partial charge in [0.1, 0.15) is 5.82 Å². The number of benzene rings is 3. The minimum Gasteiger partial charge on any atom is -0.357 e. The Labute approximate surface area is 205 Å². The molecule has 0 spiro atoms. The van der Waals surface area contributed by atoms with Gasteiger partial charge in [-0.15, -0.1) is 0 Å². The summed E-state index contributed by atoms with van der Waals surface area (Å²) in [5.74, 6) is -0.566. The molecule has 1 amide bonds. The van der Waals surface area contributed by atoms with Gasteiger partial charge in [-0.25, -0.2) is 9.40 Å². The van der Waals surface area contributed by atoms with Crippen LogP contribution < -0.4 is 11.3 Å². The number of pyridine rings is 1. The second-order valence-electron chi connectivity index (χ2n) is 8.42. The lowest BCUT2D eigenvalue weighted by Gasteiger charge is -2.21. The molecule has 0 fully saturated rings. The average molecular weight is 490 g/mol. The molecule has 1 aliphatic rings. The number of halogens is 2. The van der Waals surface area contributed by atoms with Crippen molar-refractivity contribution in [2.45, 2.75) is 18.9 Å². The van der Waals surface area contributed by atoms with Gasteiger partial charge in [0.15, 0.2) is 0 Å². The number of fused-ring (bicyclic) bond motifs is 1. The number of hydrazone groups is 1. The number of nitrogens with one attached hydrogen (secondary N) is 1. The molecular formula is C27H23ClFN4O2+. The van der Waals surface area contributed by atoms with Gasteiger partial charge in [-0.1, -0.05) is 54.1 Å². The van der Waals surface area contributed by atoms with E-state index in [4.69, 9.17) is 11.6 Å². The molecule has 3 aromatic carbocycles. The highest BCUT2D eigenvalue weighted by molar-refractivity contribution is 6.31. The zero-order chi connectivity index (χ0) is 24.5. The molecule has 0 radical (unpaired) electrons. The van der Waals surface area contributed by atoms with Gasteiger partial charge < -0.3 is 10.7 Å². The molecule has 0 saturated carbocycles. The Morgan fingerprint density at radius 1 is 1.09 bits per heavy atom. The van der Waals surface area contributed by atoms with Crippen LogP contribution in [0.15, 0.2) is 82.7 Å². The summed E-state index contributed by atoms with van der Waals surface area (Å²) in [6.45, 7) is 0.417.